The second kappa shape index (κ2) is 9.91. The van der Waals surface area contributed by atoms with Gasteiger partial charge in [0.25, 0.3) is 0 Å². The van der Waals surface area contributed by atoms with E-state index in [1.165, 1.54) is 6.33 Å². The summed E-state index contributed by atoms with van der Waals surface area (Å²) in [6.07, 6.45) is 6.64. The summed E-state index contributed by atoms with van der Waals surface area (Å²) >= 11 is 0. The summed E-state index contributed by atoms with van der Waals surface area (Å²) < 4.78 is 11.4. The van der Waals surface area contributed by atoms with Crippen LogP contribution in [0.5, 0.6) is 5.75 Å². The highest BCUT2D eigenvalue weighted by Gasteiger charge is 2.29. The van der Waals surface area contributed by atoms with Crippen LogP contribution in [0, 0.1) is 6.92 Å². The van der Waals surface area contributed by atoms with E-state index >= 15 is 0 Å². The number of aryl methyl sites for hydroxylation is 1. The van der Waals surface area contributed by atoms with Gasteiger partial charge in [-0.25, -0.2) is 19.9 Å². The summed E-state index contributed by atoms with van der Waals surface area (Å²) in [4.78, 5) is 34.3. The van der Waals surface area contributed by atoms with Crippen LogP contribution in [-0.2, 0) is 16.0 Å². The van der Waals surface area contributed by atoms with Gasteiger partial charge in [0.1, 0.15) is 18.2 Å². The summed E-state index contributed by atoms with van der Waals surface area (Å²) in [6.45, 7) is 3.37. The molecule has 3 heterocycles. The molecular weight excluding hydrogens is 420 g/mol. The summed E-state index contributed by atoms with van der Waals surface area (Å²) in [5, 5.41) is 0. The second-order valence-corrected chi connectivity index (χ2v) is 8.17. The number of carbonyl (C=O) groups is 1. The number of nitrogens with zero attached hydrogens (tertiary/aromatic N) is 6. The number of aromatic nitrogens is 4. The molecule has 0 aliphatic carbocycles. The van der Waals surface area contributed by atoms with Crippen LogP contribution < -0.4 is 9.64 Å². The van der Waals surface area contributed by atoms with Crippen LogP contribution in [0.4, 0.5) is 5.95 Å². The molecular formula is C24H28N6O3. The van der Waals surface area contributed by atoms with E-state index in [1.54, 1.807) is 25.7 Å². The van der Waals surface area contributed by atoms with Gasteiger partial charge in [0, 0.05) is 50.4 Å². The van der Waals surface area contributed by atoms with E-state index in [2.05, 4.69) is 15.0 Å². The molecule has 0 saturated carbocycles. The number of hydrogen-bond donors (Lipinski definition) is 0. The molecule has 0 unspecified atom stereocenters. The highest BCUT2D eigenvalue weighted by Crippen LogP contribution is 2.31. The maximum atomic E-state index is 13.1. The third-order valence-corrected chi connectivity index (χ3v) is 5.62. The number of benzene rings is 1. The largest absolute Gasteiger partial charge is 0.496 e. The van der Waals surface area contributed by atoms with Crippen LogP contribution in [-0.4, -0.2) is 71.6 Å². The highest BCUT2D eigenvalue weighted by molar-refractivity contribution is 5.79. The Bertz CT molecular complexity index is 1120. The highest BCUT2D eigenvalue weighted by atomic mass is 16.5. The van der Waals surface area contributed by atoms with Gasteiger partial charge in [0.05, 0.1) is 32.4 Å². The zero-order valence-corrected chi connectivity index (χ0v) is 19.4. The standard InChI is InChI=1S/C24H28N6O3/c1-16-9-17(5-6-20(16)32-4)10-22(31)30-7-8-33-21(14-30)23-19(18-11-25-15-26-12-18)13-27-24(28-23)29(2)3/h5-6,9,11-13,15,21H,7-8,10,14H2,1-4H3/t21-/m1/s1. The number of ether oxygens (including phenoxy) is 2. The second-order valence-electron chi connectivity index (χ2n) is 8.17. The van der Waals surface area contributed by atoms with Gasteiger partial charge in [-0.3, -0.25) is 4.79 Å². The van der Waals surface area contributed by atoms with E-state index in [-0.39, 0.29) is 12.0 Å². The van der Waals surface area contributed by atoms with Gasteiger partial charge in [-0.2, -0.15) is 0 Å². The van der Waals surface area contributed by atoms with Crippen molar-refractivity contribution in [1.82, 2.24) is 24.8 Å². The lowest BCUT2D eigenvalue weighted by Crippen LogP contribution is -2.43. The fraction of sp³-hybridized carbons (Fsp3) is 0.375. The molecule has 1 aliphatic rings. The quantitative estimate of drug-likeness (QED) is 0.568. The van der Waals surface area contributed by atoms with E-state index in [1.807, 2.05) is 49.0 Å². The summed E-state index contributed by atoms with van der Waals surface area (Å²) in [6, 6.07) is 5.83. The summed E-state index contributed by atoms with van der Waals surface area (Å²) in [5.74, 6) is 1.45. The lowest BCUT2D eigenvalue weighted by Gasteiger charge is -2.33. The molecule has 2 aromatic heterocycles. The van der Waals surface area contributed by atoms with E-state index < -0.39 is 0 Å². The van der Waals surface area contributed by atoms with Crippen molar-refractivity contribution in [3.63, 3.8) is 0 Å². The van der Waals surface area contributed by atoms with E-state index in [0.717, 1.165) is 33.7 Å². The van der Waals surface area contributed by atoms with Crippen molar-refractivity contribution in [2.45, 2.75) is 19.4 Å². The van der Waals surface area contributed by atoms with E-state index in [0.29, 0.717) is 32.1 Å². The van der Waals surface area contributed by atoms with Gasteiger partial charge in [-0.15, -0.1) is 0 Å². The van der Waals surface area contributed by atoms with Gasteiger partial charge in [0.2, 0.25) is 11.9 Å². The Morgan fingerprint density at radius 3 is 2.73 bits per heavy atom. The Hall–Kier alpha value is -3.59. The van der Waals surface area contributed by atoms with Gasteiger partial charge in [0.15, 0.2) is 0 Å². The number of rotatable bonds is 6. The molecule has 0 bridgehead atoms. The zero-order valence-electron chi connectivity index (χ0n) is 19.4. The van der Waals surface area contributed by atoms with Gasteiger partial charge in [-0.05, 0) is 24.1 Å². The first-order valence-corrected chi connectivity index (χ1v) is 10.8. The molecule has 33 heavy (non-hydrogen) atoms. The predicted molar refractivity (Wildman–Crippen MR) is 124 cm³/mol. The minimum Gasteiger partial charge on any atom is -0.496 e. The Morgan fingerprint density at radius 1 is 1.24 bits per heavy atom. The van der Waals surface area contributed by atoms with Crippen LogP contribution in [0.25, 0.3) is 11.1 Å². The molecule has 0 radical (unpaired) electrons. The summed E-state index contributed by atoms with van der Waals surface area (Å²) in [5.41, 5.74) is 4.29. The molecule has 1 amide bonds. The third kappa shape index (κ3) is 5.09. The number of methoxy groups -OCH3 is 1. The summed E-state index contributed by atoms with van der Waals surface area (Å²) in [7, 11) is 5.42. The van der Waals surface area contributed by atoms with Gasteiger partial charge >= 0.3 is 0 Å². The number of hydrogen-bond acceptors (Lipinski definition) is 8. The maximum Gasteiger partial charge on any atom is 0.227 e. The van der Waals surface area contributed by atoms with E-state index in [4.69, 9.17) is 14.5 Å². The van der Waals surface area contributed by atoms with Crippen molar-refractivity contribution in [3.8, 4) is 16.9 Å². The Morgan fingerprint density at radius 2 is 2.03 bits per heavy atom. The van der Waals surface area contributed by atoms with Crippen LogP contribution in [0.1, 0.15) is 22.9 Å². The Balaban J connectivity index is 1.57. The minimum atomic E-state index is -0.378. The molecule has 9 nitrogen and oxygen atoms in total. The first kappa shape index (κ1) is 22.6. The van der Waals surface area contributed by atoms with Crippen molar-refractivity contribution >= 4 is 11.9 Å². The maximum absolute atomic E-state index is 13.1. The number of carbonyl (C=O) groups excluding carboxylic acids is 1. The fourth-order valence-electron chi connectivity index (χ4n) is 3.88. The SMILES string of the molecule is COc1ccc(CC(=O)N2CCO[C@@H](c3nc(N(C)C)ncc3-c3cncnc3)C2)cc1C. The van der Waals surface area contributed by atoms with Crippen LogP contribution in [0.3, 0.4) is 0 Å². The van der Waals surface area contributed by atoms with Gasteiger partial charge in [-0.1, -0.05) is 12.1 Å². The monoisotopic (exact) mass is 448 g/mol. The molecule has 172 valence electrons. The van der Waals surface area contributed by atoms with Crippen LogP contribution in [0.2, 0.25) is 0 Å². The molecule has 0 spiro atoms. The zero-order chi connectivity index (χ0) is 23.4. The first-order chi connectivity index (χ1) is 16.0. The van der Waals surface area contributed by atoms with Crippen molar-refractivity contribution in [2.24, 2.45) is 0 Å². The van der Waals surface area contributed by atoms with E-state index in [9.17, 15) is 4.79 Å². The molecule has 1 fully saturated rings. The lowest BCUT2D eigenvalue weighted by molar-refractivity contribution is -0.138. The topological polar surface area (TPSA) is 93.6 Å². The molecule has 3 aromatic rings. The Labute approximate surface area is 193 Å². The Kier molecular flexibility index (Phi) is 6.79. The van der Waals surface area contributed by atoms with Gasteiger partial charge < -0.3 is 19.3 Å². The number of anilines is 1. The van der Waals surface area contributed by atoms with Crippen LogP contribution in [0.15, 0.2) is 43.1 Å². The fourth-order valence-corrected chi connectivity index (χ4v) is 3.88. The molecule has 1 atom stereocenters. The predicted octanol–water partition coefficient (Wildman–Crippen LogP) is 2.46. The number of amides is 1. The molecule has 0 N–H and O–H groups in total. The smallest absolute Gasteiger partial charge is 0.227 e. The third-order valence-electron chi connectivity index (χ3n) is 5.62. The number of morpholine rings is 1. The molecule has 1 aliphatic heterocycles. The molecule has 1 aromatic carbocycles. The minimum absolute atomic E-state index is 0.0550. The van der Waals surface area contributed by atoms with Crippen molar-refractivity contribution < 1.29 is 14.3 Å². The van der Waals surface area contributed by atoms with Crippen LogP contribution >= 0.6 is 0 Å². The average molecular weight is 449 g/mol. The molecule has 4 rings (SSSR count). The lowest BCUT2D eigenvalue weighted by atomic mass is 10.0. The normalized spacial score (nSPS) is 15.9. The van der Waals surface area contributed by atoms with Crippen molar-refractivity contribution in [1.29, 1.82) is 0 Å². The molecule has 9 heteroatoms. The molecule has 1 saturated heterocycles. The average Bonchev–Trinajstić information content (AvgIpc) is 2.84. The van der Waals surface area contributed by atoms with Crippen molar-refractivity contribution in [3.05, 3.63) is 59.9 Å². The van der Waals surface area contributed by atoms with Crippen molar-refractivity contribution in [2.75, 3.05) is 45.8 Å². The first-order valence-electron chi connectivity index (χ1n) is 10.8.